The molecule has 0 saturated carbocycles. The Labute approximate surface area is 142 Å². The number of benzene rings is 2. The zero-order valence-corrected chi connectivity index (χ0v) is 13.7. The first-order valence-corrected chi connectivity index (χ1v) is 7.79. The van der Waals surface area contributed by atoms with Crippen molar-refractivity contribution < 1.29 is 22.6 Å². The van der Waals surface area contributed by atoms with E-state index in [9.17, 15) is 13.2 Å². The van der Waals surface area contributed by atoms with Gasteiger partial charge in [-0.15, -0.1) is 13.2 Å². The highest BCUT2D eigenvalue weighted by Crippen LogP contribution is 2.31. The number of aromatic amines is 1. The summed E-state index contributed by atoms with van der Waals surface area (Å²) in [6.07, 6.45) is -3.94. The molecular formula is C18H17F3N2O2. The van der Waals surface area contributed by atoms with Crippen LogP contribution in [0.3, 0.4) is 0 Å². The second kappa shape index (κ2) is 6.66. The lowest BCUT2D eigenvalue weighted by Gasteiger charge is -2.14. The second-order valence-electron chi connectivity index (χ2n) is 5.58. The lowest BCUT2D eigenvalue weighted by Crippen LogP contribution is -2.17. The molecule has 0 aliphatic heterocycles. The largest absolute Gasteiger partial charge is 0.573 e. The maximum atomic E-state index is 12.3. The summed E-state index contributed by atoms with van der Waals surface area (Å²) in [5, 5.41) is 0. The molecule has 0 aliphatic rings. The highest BCUT2D eigenvalue weighted by molar-refractivity contribution is 5.77. The van der Waals surface area contributed by atoms with E-state index in [0.29, 0.717) is 0 Å². The number of rotatable bonds is 5. The number of hydrogen-bond donors (Lipinski definition) is 1. The number of ether oxygens (including phenoxy) is 2. The average molecular weight is 350 g/mol. The number of hydrogen-bond acceptors (Lipinski definition) is 3. The Morgan fingerprint density at radius 2 is 1.76 bits per heavy atom. The van der Waals surface area contributed by atoms with Crippen molar-refractivity contribution in [3.05, 3.63) is 53.9 Å². The fourth-order valence-electron chi connectivity index (χ4n) is 2.79. The topological polar surface area (TPSA) is 47.1 Å². The Hall–Kier alpha value is -2.70. The Morgan fingerprint density at radius 3 is 2.36 bits per heavy atom. The Bertz CT molecular complexity index is 857. The van der Waals surface area contributed by atoms with Gasteiger partial charge in [0.2, 0.25) is 0 Å². The van der Waals surface area contributed by atoms with Gasteiger partial charge in [0.15, 0.2) is 0 Å². The van der Waals surface area contributed by atoms with Crippen molar-refractivity contribution in [3.8, 4) is 11.5 Å². The number of halogens is 3. The molecule has 0 saturated heterocycles. The molecule has 3 rings (SSSR count). The third-order valence-corrected chi connectivity index (χ3v) is 3.96. The lowest BCUT2D eigenvalue weighted by molar-refractivity contribution is -0.274. The predicted molar refractivity (Wildman–Crippen MR) is 87.9 cm³/mol. The van der Waals surface area contributed by atoms with E-state index in [1.165, 1.54) is 12.1 Å². The van der Waals surface area contributed by atoms with Gasteiger partial charge in [-0.05, 0) is 36.2 Å². The van der Waals surface area contributed by atoms with Crippen molar-refractivity contribution in [1.82, 2.24) is 9.97 Å². The van der Waals surface area contributed by atoms with Crippen molar-refractivity contribution in [3.63, 3.8) is 0 Å². The van der Waals surface area contributed by atoms with Gasteiger partial charge in [0.25, 0.3) is 0 Å². The van der Waals surface area contributed by atoms with Crippen molar-refractivity contribution in [1.29, 1.82) is 0 Å². The van der Waals surface area contributed by atoms with E-state index in [-0.39, 0.29) is 11.7 Å². The number of nitrogens with one attached hydrogen (secondary N) is 1. The summed E-state index contributed by atoms with van der Waals surface area (Å²) in [7, 11) is 1.60. The Morgan fingerprint density at radius 1 is 1.08 bits per heavy atom. The van der Waals surface area contributed by atoms with E-state index in [1.54, 1.807) is 19.2 Å². The van der Waals surface area contributed by atoms with Crippen LogP contribution in [0.4, 0.5) is 13.2 Å². The monoisotopic (exact) mass is 350 g/mol. The molecule has 0 fully saturated rings. The smallest absolute Gasteiger partial charge is 0.497 e. The van der Waals surface area contributed by atoms with Gasteiger partial charge in [0.05, 0.1) is 18.1 Å². The van der Waals surface area contributed by atoms with Crippen LogP contribution in [0.25, 0.3) is 11.0 Å². The summed E-state index contributed by atoms with van der Waals surface area (Å²) in [6.45, 7) is 2.00. The van der Waals surface area contributed by atoms with Crippen molar-refractivity contribution >= 4 is 11.0 Å². The van der Waals surface area contributed by atoms with Crippen molar-refractivity contribution in [2.24, 2.45) is 0 Å². The summed E-state index contributed by atoms with van der Waals surface area (Å²) >= 11 is 0. The van der Waals surface area contributed by atoms with Gasteiger partial charge in [0.1, 0.15) is 17.3 Å². The number of methoxy groups -OCH3 is 1. The van der Waals surface area contributed by atoms with Crippen LogP contribution in [0.2, 0.25) is 0 Å². The number of alkyl halides is 3. The third-order valence-electron chi connectivity index (χ3n) is 3.96. The first-order valence-electron chi connectivity index (χ1n) is 7.79. The zero-order valence-electron chi connectivity index (χ0n) is 13.7. The molecule has 2 aromatic carbocycles. The van der Waals surface area contributed by atoms with Crippen LogP contribution in [0, 0.1) is 0 Å². The number of nitrogens with zero attached hydrogens (tertiary/aromatic N) is 1. The maximum absolute atomic E-state index is 12.3. The molecule has 132 valence electrons. The average Bonchev–Trinajstić information content (AvgIpc) is 2.98. The molecule has 1 heterocycles. The molecule has 0 spiro atoms. The minimum absolute atomic E-state index is 0.0571. The summed E-state index contributed by atoms with van der Waals surface area (Å²) in [4.78, 5) is 7.87. The molecule has 7 heteroatoms. The lowest BCUT2D eigenvalue weighted by atomic mass is 9.96. The molecule has 1 unspecified atom stereocenters. The van der Waals surface area contributed by atoms with Gasteiger partial charge < -0.3 is 14.5 Å². The van der Waals surface area contributed by atoms with Crippen LogP contribution in [0.15, 0.2) is 42.5 Å². The highest BCUT2D eigenvalue weighted by atomic mass is 19.4. The molecule has 1 atom stereocenters. The first kappa shape index (κ1) is 17.1. The molecule has 0 aliphatic carbocycles. The van der Waals surface area contributed by atoms with E-state index < -0.39 is 6.36 Å². The van der Waals surface area contributed by atoms with E-state index >= 15 is 0 Å². The highest BCUT2D eigenvalue weighted by Gasteiger charge is 2.31. The fourth-order valence-corrected chi connectivity index (χ4v) is 2.79. The fraction of sp³-hybridized carbons (Fsp3) is 0.278. The van der Waals surface area contributed by atoms with E-state index in [2.05, 4.69) is 14.7 Å². The second-order valence-corrected chi connectivity index (χ2v) is 5.58. The molecule has 1 aromatic heterocycles. The molecule has 4 nitrogen and oxygen atoms in total. The first-order chi connectivity index (χ1) is 11.9. The third kappa shape index (κ3) is 3.87. The Kier molecular flexibility index (Phi) is 4.57. The summed E-state index contributed by atoms with van der Waals surface area (Å²) in [5.41, 5.74) is 2.53. The molecule has 3 aromatic rings. The molecule has 1 N–H and O–H groups in total. The summed E-state index contributed by atoms with van der Waals surface area (Å²) < 4.78 is 45.9. The van der Waals surface area contributed by atoms with Crippen molar-refractivity contribution in [2.45, 2.75) is 25.6 Å². The molecule has 0 radical (unpaired) electrons. The molecule has 0 bridgehead atoms. The maximum Gasteiger partial charge on any atom is 0.573 e. The molecule has 0 amide bonds. The quantitative estimate of drug-likeness (QED) is 0.703. The van der Waals surface area contributed by atoms with Crippen LogP contribution in [-0.4, -0.2) is 23.4 Å². The van der Waals surface area contributed by atoms with Gasteiger partial charge in [-0.1, -0.05) is 19.1 Å². The van der Waals surface area contributed by atoms with Gasteiger partial charge in [-0.25, -0.2) is 4.98 Å². The molecule has 25 heavy (non-hydrogen) atoms. The summed E-state index contributed by atoms with van der Waals surface area (Å²) in [5.74, 6) is 1.19. The zero-order chi connectivity index (χ0) is 18.0. The normalized spacial score (nSPS) is 13.0. The minimum atomic E-state index is -4.69. The molecular weight excluding hydrogens is 333 g/mol. The Balaban J connectivity index is 1.89. The van der Waals surface area contributed by atoms with Crippen LogP contribution in [0.5, 0.6) is 11.5 Å². The minimum Gasteiger partial charge on any atom is -0.497 e. The van der Waals surface area contributed by atoms with Crippen LogP contribution >= 0.6 is 0 Å². The predicted octanol–water partition coefficient (Wildman–Crippen LogP) is 5.01. The van der Waals surface area contributed by atoms with Crippen LogP contribution in [-0.2, 0) is 0 Å². The van der Waals surface area contributed by atoms with E-state index in [4.69, 9.17) is 4.74 Å². The summed E-state index contributed by atoms with van der Waals surface area (Å²) in [6, 6.07) is 11.4. The number of imidazole rings is 1. The number of fused-ring (bicyclic) bond motifs is 1. The van der Waals surface area contributed by atoms with E-state index in [0.717, 1.165) is 34.6 Å². The van der Waals surface area contributed by atoms with Gasteiger partial charge in [-0.2, -0.15) is 0 Å². The SMILES string of the molecule is CCC(c1ccc(OC(F)(F)F)cc1)c1nc2ccc(OC)cc2[nH]1. The standard InChI is InChI=1S/C18H17F3N2O2/c1-3-14(11-4-6-12(7-5-11)25-18(19,20)21)17-22-15-9-8-13(24-2)10-16(15)23-17/h4-10,14H,3H2,1-2H3,(H,22,23). The van der Waals surface area contributed by atoms with Crippen molar-refractivity contribution in [2.75, 3.05) is 7.11 Å². The van der Waals surface area contributed by atoms with E-state index in [1.807, 2.05) is 25.1 Å². The van der Waals surface area contributed by atoms with Crippen LogP contribution in [0.1, 0.15) is 30.7 Å². The van der Waals surface area contributed by atoms with Gasteiger partial charge in [-0.3, -0.25) is 0 Å². The van der Waals surface area contributed by atoms with Gasteiger partial charge in [0, 0.05) is 12.0 Å². The number of H-pyrrole nitrogens is 1. The van der Waals surface area contributed by atoms with Gasteiger partial charge >= 0.3 is 6.36 Å². The number of aromatic nitrogens is 2. The van der Waals surface area contributed by atoms with Crippen LogP contribution < -0.4 is 9.47 Å².